The monoisotopic (exact) mass is 365 g/mol. The Morgan fingerprint density at radius 1 is 1.40 bits per heavy atom. The molecule has 1 aromatic rings. The van der Waals surface area contributed by atoms with E-state index >= 15 is 0 Å². The van der Waals surface area contributed by atoms with Crippen LogP contribution in [0.15, 0.2) is 21.5 Å². The van der Waals surface area contributed by atoms with Crippen LogP contribution in [0, 0.1) is 6.92 Å². The zero-order valence-corrected chi connectivity index (χ0v) is 13.7. The van der Waals surface area contributed by atoms with Gasteiger partial charge in [0, 0.05) is 4.47 Å². The fourth-order valence-electron chi connectivity index (χ4n) is 1.49. The molecule has 0 unspecified atom stereocenters. The topological polar surface area (TPSA) is 104 Å². The van der Waals surface area contributed by atoms with Gasteiger partial charge in [-0.1, -0.05) is 15.9 Å². The summed E-state index contributed by atoms with van der Waals surface area (Å²) in [6.45, 7) is 4.23. The highest BCUT2D eigenvalue weighted by Crippen LogP contribution is 2.25. The smallest absolute Gasteiger partial charge is 0.336 e. The lowest BCUT2D eigenvalue weighted by molar-refractivity contribution is 0.0695. The Morgan fingerprint density at radius 2 is 1.95 bits per heavy atom. The van der Waals surface area contributed by atoms with Crippen LogP contribution in [0.1, 0.15) is 29.8 Å². The largest absolute Gasteiger partial charge is 0.478 e. The van der Waals surface area contributed by atoms with E-state index < -0.39 is 21.5 Å². The Kier molecular flexibility index (Phi) is 4.96. The molecule has 6 nitrogen and oxygen atoms in total. The number of rotatable bonds is 5. The van der Waals surface area contributed by atoms with Crippen molar-refractivity contribution >= 4 is 31.9 Å². The molecule has 0 aromatic heterocycles. The second-order valence-corrected chi connectivity index (χ2v) is 7.57. The van der Waals surface area contributed by atoms with E-state index in [9.17, 15) is 13.2 Å². The van der Waals surface area contributed by atoms with Gasteiger partial charge in [-0.2, -0.15) is 0 Å². The molecule has 112 valence electrons. The Bertz CT molecular complexity index is 639. The first-order chi connectivity index (χ1) is 9.00. The lowest BCUT2D eigenvalue weighted by Crippen LogP contribution is -2.46. The van der Waals surface area contributed by atoms with Crippen LogP contribution in [-0.2, 0) is 10.0 Å². The molecule has 1 rings (SSSR count). The molecule has 0 radical (unpaired) electrons. The van der Waals surface area contributed by atoms with Crippen LogP contribution in [0.2, 0.25) is 0 Å². The molecule has 0 heterocycles. The van der Waals surface area contributed by atoms with Gasteiger partial charge in [-0.3, -0.25) is 0 Å². The fourth-order valence-corrected chi connectivity index (χ4v) is 3.55. The van der Waals surface area contributed by atoms with Crippen molar-refractivity contribution in [3.63, 3.8) is 0 Å². The van der Waals surface area contributed by atoms with Gasteiger partial charge in [0.05, 0.1) is 22.6 Å². The number of carboxylic acid groups (broad SMARTS) is 1. The fraction of sp³-hybridized carbons (Fsp3) is 0.417. The summed E-state index contributed by atoms with van der Waals surface area (Å²) in [6.07, 6.45) is 0. The highest BCUT2D eigenvalue weighted by atomic mass is 79.9. The molecule has 0 aliphatic rings. The lowest BCUT2D eigenvalue weighted by atomic mass is 10.1. The normalized spacial score (nSPS) is 12.4. The predicted octanol–water partition coefficient (Wildman–Crippen LogP) is 1.50. The Hall–Kier alpha value is -0.960. The summed E-state index contributed by atoms with van der Waals surface area (Å²) in [6, 6.07) is 2.43. The molecule has 0 aliphatic carbocycles. The average Bonchev–Trinajstić information content (AvgIpc) is 2.30. The third kappa shape index (κ3) is 3.78. The van der Waals surface area contributed by atoms with Gasteiger partial charge in [0.1, 0.15) is 0 Å². The van der Waals surface area contributed by atoms with Gasteiger partial charge in [-0.15, -0.1) is 0 Å². The molecule has 0 atom stereocenters. The molecule has 0 saturated heterocycles. The van der Waals surface area contributed by atoms with Gasteiger partial charge in [0.2, 0.25) is 10.0 Å². The highest BCUT2D eigenvalue weighted by molar-refractivity contribution is 9.10. The number of carboxylic acids is 1. The van der Waals surface area contributed by atoms with Crippen molar-refractivity contribution < 1.29 is 23.4 Å². The first-order valence-electron chi connectivity index (χ1n) is 5.68. The molecule has 8 heteroatoms. The van der Waals surface area contributed by atoms with Crippen molar-refractivity contribution in [2.24, 2.45) is 0 Å². The van der Waals surface area contributed by atoms with Crippen molar-refractivity contribution in [2.75, 3.05) is 6.61 Å². The number of halogens is 1. The second kappa shape index (κ2) is 5.80. The van der Waals surface area contributed by atoms with Crippen LogP contribution in [0.4, 0.5) is 0 Å². The summed E-state index contributed by atoms with van der Waals surface area (Å²) in [5, 5.41) is 18.2. The van der Waals surface area contributed by atoms with E-state index in [1.165, 1.54) is 19.9 Å². The Labute approximate surface area is 126 Å². The van der Waals surface area contributed by atoms with Crippen molar-refractivity contribution in [3.8, 4) is 0 Å². The summed E-state index contributed by atoms with van der Waals surface area (Å²) < 4.78 is 27.1. The first-order valence-corrected chi connectivity index (χ1v) is 7.96. The van der Waals surface area contributed by atoms with Gasteiger partial charge in [0.15, 0.2) is 0 Å². The molecule has 0 aliphatic heterocycles. The molecule has 3 N–H and O–H groups in total. The number of aromatic carboxylic acids is 1. The van der Waals surface area contributed by atoms with Gasteiger partial charge < -0.3 is 10.2 Å². The maximum atomic E-state index is 12.2. The number of hydrogen-bond acceptors (Lipinski definition) is 4. The number of aliphatic hydroxyl groups is 1. The lowest BCUT2D eigenvalue weighted by Gasteiger charge is -2.23. The number of sulfonamides is 1. The van der Waals surface area contributed by atoms with Crippen LogP contribution < -0.4 is 4.72 Å². The predicted molar refractivity (Wildman–Crippen MR) is 77.3 cm³/mol. The van der Waals surface area contributed by atoms with Crippen molar-refractivity contribution in [1.29, 1.82) is 0 Å². The van der Waals surface area contributed by atoms with Crippen LogP contribution >= 0.6 is 15.9 Å². The number of nitrogens with one attached hydrogen (secondary N) is 1. The third-order valence-corrected chi connectivity index (χ3v) is 5.17. The molecule has 0 amide bonds. The zero-order chi connectivity index (χ0) is 15.7. The highest BCUT2D eigenvalue weighted by Gasteiger charge is 2.27. The summed E-state index contributed by atoms with van der Waals surface area (Å²) >= 11 is 3.15. The van der Waals surface area contributed by atoms with Gasteiger partial charge in [-0.05, 0) is 38.5 Å². The quantitative estimate of drug-likeness (QED) is 0.733. The molecule has 0 saturated carbocycles. The second-order valence-electron chi connectivity index (χ2n) is 5.03. The first kappa shape index (κ1) is 17.1. The molecular formula is C12H16BrNO5S. The van der Waals surface area contributed by atoms with Crippen LogP contribution in [0.5, 0.6) is 0 Å². The third-order valence-electron chi connectivity index (χ3n) is 2.66. The van der Waals surface area contributed by atoms with Gasteiger partial charge >= 0.3 is 5.97 Å². The zero-order valence-electron chi connectivity index (χ0n) is 11.3. The molecule has 0 bridgehead atoms. The minimum absolute atomic E-state index is 0.0958. The Balaban J connectivity index is 3.37. The molecule has 20 heavy (non-hydrogen) atoms. The van der Waals surface area contributed by atoms with E-state index in [1.807, 2.05) is 0 Å². The van der Waals surface area contributed by atoms with E-state index in [0.717, 1.165) is 6.07 Å². The maximum absolute atomic E-state index is 12.2. The van der Waals surface area contributed by atoms with E-state index in [0.29, 0.717) is 10.0 Å². The van der Waals surface area contributed by atoms with Crippen LogP contribution in [0.3, 0.4) is 0 Å². The molecule has 0 spiro atoms. The maximum Gasteiger partial charge on any atom is 0.336 e. The molecular weight excluding hydrogens is 350 g/mol. The Morgan fingerprint density at radius 3 is 2.40 bits per heavy atom. The summed E-state index contributed by atoms with van der Waals surface area (Å²) in [5.74, 6) is -1.21. The van der Waals surface area contributed by atoms with Gasteiger partial charge in [-0.25, -0.2) is 17.9 Å². The van der Waals surface area contributed by atoms with Crippen molar-refractivity contribution in [2.45, 2.75) is 31.2 Å². The summed E-state index contributed by atoms with van der Waals surface area (Å²) in [4.78, 5) is 10.9. The van der Waals surface area contributed by atoms with Crippen LogP contribution in [0.25, 0.3) is 0 Å². The minimum Gasteiger partial charge on any atom is -0.478 e. The molecule has 1 aromatic carbocycles. The summed E-state index contributed by atoms with van der Waals surface area (Å²) in [5.41, 5.74) is -0.695. The number of aliphatic hydroxyl groups excluding tert-OH is 1. The minimum atomic E-state index is -3.93. The SMILES string of the molecule is Cc1c(Br)cc(S(=O)(=O)NC(C)(C)CO)cc1C(=O)O. The van der Waals surface area contributed by atoms with E-state index in [4.69, 9.17) is 10.2 Å². The van der Waals surface area contributed by atoms with E-state index in [2.05, 4.69) is 20.7 Å². The molecule has 0 fully saturated rings. The average molecular weight is 366 g/mol. The van der Waals surface area contributed by atoms with Crippen molar-refractivity contribution in [1.82, 2.24) is 4.72 Å². The summed E-state index contributed by atoms with van der Waals surface area (Å²) in [7, 11) is -3.93. The number of benzene rings is 1. The standard InChI is InChI=1S/C12H16BrNO5S/c1-7-9(11(16)17)4-8(5-10(7)13)20(18,19)14-12(2,3)6-15/h4-5,14-15H,6H2,1-3H3,(H,16,17). The number of carbonyl (C=O) groups is 1. The number of hydrogen-bond donors (Lipinski definition) is 3. The van der Waals surface area contributed by atoms with E-state index in [-0.39, 0.29) is 17.1 Å². The van der Waals surface area contributed by atoms with Gasteiger partial charge in [0.25, 0.3) is 0 Å². The van der Waals surface area contributed by atoms with Crippen LogP contribution in [-0.4, -0.2) is 36.7 Å². The van der Waals surface area contributed by atoms with Crippen molar-refractivity contribution in [3.05, 3.63) is 27.7 Å². The van der Waals surface area contributed by atoms with E-state index in [1.54, 1.807) is 6.92 Å².